The quantitative estimate of drug-likeness (QED) is 0.673. The molecule has 7 nitrogen and oxygen atoms in total. The van der Waals surface area contributed by atoms with Gasteiger partial charge in [-0.1, -0.05) is 0 Å². The predicted octanol–water partition coefficient (Wildman–Crippen LogP) is -0.0791. The molecule has 2 aliphatic rings. The summed E-state index contributed by atoms with van der Waals surface area (Å²) < 4.78 is 28.4. The van der Waals surface area contributed by atoms with Crippen LogP contribution in [0.2, 0.25) is 0 Å². The van der Waals surface area contributed by atoms with Crippen LogP contribution in [0.3, 0.4) is 0 Å². The highest BCUT2D eigenvalue weighted by atomic mass is 32.2. The summed E-state index contributed by atoms with van der Waals surface area (Å²) in [6.45, 7) is 0.503. The number of aliphatic carboxylic acids is 1. The summed E-state index contributed by atoms with van der Waals surface area (Å²) in [7, 11) is -3.54. The van der Waals surface area contributed by atoms with Gasteiger partial charge in [0.2, 0.25) is 0 Å². The number of hydrogen-bond acceptors (Lipinski definition) is 4. The van der Waals surface area contributed by atoms with Crippen molar-refractivity contribution in [2.24, 2.45) is 5.92 Å². The number of piperidine rings is 1. The molecule has 0 amide bonds. The van der Waals surface area contributed by atoms with Crippen molar-refractivity contribution < 1.29 is 23.4 Å². The zero-order chi connectivity index (χ0) is 14.8. The van der Waals surface area contributed by atoms with Crippen LogP contribution in [0, 0.1) is 5.92 Å². The van der Waals surface area contributed by atoms with Crippen LogP contribution in [0.25, 0.3) is 0 Å². The molecule has 20 heavy (non-hydrogen) atoms. The van der Waals surface area contributed by atoms with Crippen LogP contribution in [-0.4, -0.2) is 54.1 Å². The molecule has 1 saturated heterocycles. The maximum absolute atomic E-state index is 12.2. The largest absolute Gasteiger partial charge is 0.481 e. The molecule has 2 rings (SSSR count). The van der Waals surface area contributed by atoms with Gasteiger partial charge in [0, 0.05) is 19.1 Å². The first-order valence-corrected chi connectivity index (χ1v) is 8.51. The average molecular weight is 306 g/mol. The summed E-state index contributed by atoms with van der Waals surface area (Å²) >= 11 is 0. The van der Waals surface area contributed by atoms with Gasteiger partial charge >= 0.3 is 5.97 Å². The number of nitrogens with zero attached hydrogens (tertiary/aromatic N) is 1. The van der Waals surface area contributed by atoms with Crippen molar-refractivity contribution in [3.8, 4) is 0 Å². The van der Waals surface area contributed by atoms with E-state index in [1.165, 1.54) is 4.31 Å². The molecule has 0 aromatic carbocycles. The van der Waals surface area contributed by atoms with E-state index in [0.29, 0.717) is 38.5 Å². The van der Waals surface area contributed by atoms with E-state index in [-0.39, 0.29) is 25.2 Å². The Hall–Kier alpha value is -0.700. The second kappa shape index (κ2) is 6.38. The minimum atomic E-state index is -3.54. The lowest BCUT2D eigenvalue weighted by Gasteiger charge is -2.32. The Kier molecular flexibility index (Phi) is 5.00. The highest BCUT2D eigenvalue weighted by Gasteiger charge is 2.33. The summed E-state index contributed by atoms with van der Waals surface area (Å²) in [6.07, 6.45) is 2.93. The summed E-state index contributed by atoms with van der Waals surface area (Å²) in [4.78, 5) is 10.9. The summed E-state index contributed by atoms with van der Waals surface area (Å²) in [6, 6.07) is -0.124. The van der Waals surface area contributed by atoms with Gasteiger partial charge in [-0.3, -0.25) is 4.79 Å². The molecule has 3 N–H and O–H groups in total. The zero-order valence-corrected chi connectivity index (χ0v) is 12.2. The van der Waals surface area contributed by atoms with Crippen LogP contribution in [0.5, 0.6) is 0 Å². The normalized spacial score (nSPS) is 30.2. The first kappa shape index (κ1) is 15.7. The van der Waals surface area contributed by atoms with E-state index in [1.54, 1.807) is 0 Å². The molecule has 0 radical (unpaired) electrons. The van der Waals surface area contributed by atoms with E-state index < -0.39 is 22.1 Å². The number of carboxylic acid groups (broad SMARTS) is 1. The van der Waals surface area contributed by atoms with E-state index >= 15 is 0 Å². The molecule has 0 bridgehead atoms. The first-order valence-electron chi connectivity index (χ1n) is 7.07. The Labute approximate surface area is 119 Å². The molecule has 1 aliphatic carbocycles. The van der Waals surface area contributed by atoms with Crippen LogP contribution in [0.15, 0.2) is 0 Å². The molecule has 116 valence electrons. The van der Waals surface area contributed by atoms with E-state index in [0.717, 1.165) is 0 Å². The van der Waals surface area contributed by atoms with Crippen molar-refractivity contribution in [3.63, 3.8) is 0 Å². The number of hydrogen-bond donors (Lipinski definition) is 3. The molecule has 0 unspecified atom stereocenters. The maximum atomic E-state index is 12.2. The van der Waals surface area contributed by atoms with Gasteiger partial charge in [-0.2, -0.15) is 17.4 Å². The lowest BCUT2D eigenvalue weighted by Crippen LogP contribution is -2.49. The van der Waals surface area contributed by atoms with Crippen LogP contribution < -0.4 is 4.72 Å². The van der Waals surface area contributed by atoms with Crippen molar-refractivity contribution in [3.05, 3.63) is 0 Å². The molecule has 1 heterocycles. The third-order valence-electron chi connectivity index (χ3n) is 4.16. The van der Waals surface area contributed by atoms with Gasteiger partial charge in [0.05, 0.1) is 12.0 Å². The van der Waals surface area contributed by atoms with Gasteiger partial charge in [-0.15, -0.1) is 0 Å². The third-order valence-corrected chi connectivity index (χ3v) is 5.83. The average Bonchev–Trinajstić information content (AvgIpc) is 2.41. The van der Waals surface area contributed by atoms with Crippen LogP contribution >= 0.6 is 0 Å². The van der Waals surface area contributed by atoms with Crippen LogP contribution in [0.1, 0.15) is 38.5 Å². The van der Waals surface area contributed by atoms with Crippen molar-refractivity contribution >= 4 is 16.2 Å². The van der Waals surface area contributed by atoms with Crippen molar-refractivity contribution in [2.45, 2.75) is 50.7 Å². The predicted molar refractivity (Wildman–Crippen MR) is 72.3 cm³/mol. The summed E-state index contributed by atoms with van der Waals surface area (Å²) in [5, 5.41) is 18.3. The lowest BCUT2D eigenvalue weighted by molar-refractivity contribution is -0.142. The number of aliphatic hydroxyl groups excluding tert-OH is 1. The number of nitrogens with one attached hydrogen (secondary N) is 1. The lowest BCUT2D eigenvalue weighted by atomic mass is 9.94. The number of aliphatic hydroxyl groups is 1. The van der Waals surface area contributed by atoms with Gasteiger partial charge in [0.1, 0.15) is 0 Å². The van der Waals surface area contributed by atoms with Crippen LogP contribution in [0.4, 0.5) is 0 Å². The standard InChI is InChI=1S/C12H22N2O5S/c15-11-3-1-10(2-4-11)13-20(18,19)14-7-5-9(6-8-14)12(16)17/h9-11,13,15H,1-8H2,(H,16,17). The Bertz CT molecular complexity index is 437. The van der Waals surface area contributed by atoms with E-state index in [2.05, 4.69) is 4.72 Å². The number of rotatable bonds is 4. The Morgan fingerprint density at radius 2 is 1.60 bits per heavy atom. The highest BCUT2D eigenvalue weighted by Crippen LogP contribution is 2.22. The second-order valence-electron chi connectivity index (χ2n) is 5.64. The summed E-state index contributed by atoms with van der Waals surface area (Å²) in [5.74, 6) is -1.29. The topological polar surface area (TPSA) is 107 Å². The van der Waals surface area contributed by atoms with Gasteiger partial charge < -0.3 is 10.2 Å². The summed E-state index contributed by atoms with van der Waals surface area (Å²) in [5.41, 5.74) is 0. The molecule has 2 fully saturated rings. The molecule has 0 atom stereocenters. The first-order chi connectivity index (χ1) is 9.38. The van der Waals surface area contributed by atoms with Gasteiger partial charge in [-0.05, 0) is 38.5 Å². The van der Waals surface area contributed by atoms with Gasteiger partial charge in [0.25, 0.3) is 10.2 Å². The number of carbonyl (C=O) groups is 1. The van der Waals surface area contributed by atoms with E-state index in [4.69, 9.17) is 5.11 Å². The molecular formula is C12H22N2O5S. The van der Waals surface area contributed by atoms with Gasteiger partial charge in [-0.25, -0.2) is 0 Å². The number of carboxylic acids is 1. The Morgan fingerprint density at radius 3 is 2.10 bits per heavy atom. The van der Waals surface area contributed by atoms with Gasteiger partial charge in [0.15, 0.2) is 0 Å². The third kappa shape index (κ3) is 3.91. The van der Waals surface area contributed by atoms with E-state index in [1.807, 2.05) is 0 Å². The SMILES string of the molecule is O=C(O)C1CCN(S(=O)(=O)NC2CCC(O)CC2)CC1. The minimum absolute atomic E-state index is 0.124. The fourth-order valence-electron chi connectivity index (χ4n) is 2.82. The van der Waals surface area contributed by atoms with E-state index in [9.17, 15) is 18.3 Å². The van der Waals surface area contributed by atoms with Crippen molar-refractivity contribution in [2.75, 3.05) is 13.1 Å². The van der Waals surface area contributed by atoms with Crippen molar-refractivity contribution in [1.82, 2.24) is 9.03 Å². The molecule has 8 heteroatoms. The molecule has 1 aliphatic heterocycles. The Balaban J connectivity index is 1.86. The molecule has 0 aromatic rings. The van der Waals surface area contributed by atoms with Crippen LogP contribution in [-0.2, 0) is 15.0 Å². The smallest absolute Gasteiger partial charge is 0.306 e. The molecular weight excluding hydrogens is 284 g/mol. The highest BCUT2D eigenvalue weighted by molar-refractivity contribution is 7.87. The zero-order valence-electron chi connectivity index (χ0n) is 11.4. The second-order valence-corrected chi connectivity index (χ2v) is 7.34. The van der Waals surface area contributed by atoms with Crippen molar-refractivity contribution in [1.29, 1.82) is 0 Å². The molecule has 1 saturated carbocycles. The Morgan fingerprint density at radius 1 is 1.05 bits per heavy atom. The molecule has 0 spiro atoms. The fraction of sp³-hybridized carbons (Fsp3) is 0.917. The molecule has 0 aromatic heterocycles. The fourth-order valence-corrected chi connectivity index (χ4v) is 4.32. The maximum Gasteiger partial charge on any atom is 0.306 e. The minimum Gasteiger partial charge on any atom is -0.481 e. The monoisotopic (exact) mass is 306 g/mol.